The Balaban J connectivity index is 1.54. The zero-order valence-electron chi connectivity index (χ0n) is 17.0. The van der Waals surface area contributed by atoms with Crippen molar-refractivity contribution in [1.29, 1.82) is 0 Å². The monoisotopic (exact) mass is 444 g/mol. The average molecular weight is 445 g/mol. The van der Waals surface area contributed by atoms with Gasteiger partial charge in [-0.2, -0.15) is 4.68 Å². The van der Waals surface area contributed by atoms with Crippen molar-refractivity contribution in [3.63, 3.8) is 0 Å². The largest absolute Gasteiger partial charge is 0.493 e. The fraction of sp³-hybridized carbons (Fsp3) is 0.238. The lowest BCUT2D eigenvalue weighted by molar-refractivity contribution is -0.389. The van der Waals surface area contributed by atoms with Crippen LogP contribution in [0.5, 0.6) is 11.5 Å². The van der Waals surface area contributed by atoms with Crippen LogP contribution in [0.25, 0.3) is 0 Å². The van der Waals surface area contributed by atoms with Crippen molar-refractivity contribution >= 4 is 23.3 Å². The third-order valence-electron chi connectivity index (χ3n) is 4.58. The second-order valence-corrected chi connectivity index (χ2v) is 7.05. The summed E-state index contributed by atoms with van der Waals surface area (Å²) in [5.41, 5.74) is 2.36. The first-order valence-electron chi connectivity index (χ1n) is 9.36. The normalized spacial score (nSPS) is 10.5. The molecular formula is C21H21ClN4O5. The van der Waals surface area contributed by atoms with Gasteiger partial charge in [-0.3, -0.25) is 4.79 Å². The van der Waals surface area contributed by atoms with E-state index >= 15 is 0 Å². The SMILES string of the molecule is COc1ccc(CCNC(=O)c2ccc(Cn3cc(Cl)c([N+](=O)[O-])n3)cc2)cc1OC. The van der Waals surface area contributed by atoms with Crippen molar-refractivity contribution in [3.05, 3.63) is 80.5 Å². The van der Waals surface area contributed by atoms with E-state index in [0.29, 0.717) is 36.6 Å². The topological polar surface area (TPSA) is 109 Å². The number of aromatic nitrogens is 2. The molecule has 0 spiro atoms. The molecule has 0 unspecified atom stereocenters. The molecule has 3 rings (SSSR count). The molecule has 0 aliphatic carbocycles. The number of rotatable bonds is 9. The van der Waals surface area contributed by atoms with Gasteiger partial charge in [0.15, 0.2) is 16.5 Å². The van der Waals surface area contributed by atoms with E-state index in [9.17, 15) is 14.9 Å². The van der Waals surface area contributed by atoms with E-state index in [0.717, 1.165) is 11.1 Å². The molecule has 0 aliphatic heterocycles. The number of carbonyl (C=O) groups excluding carboxylic acids is 1. The van der Waals surface area contributed by atoms with E-state index in [1.807, 2.05) is 18.2 Å². The van der Waals surface area contributed by atoms with E-state index in [4.69, 9.17) is 21.1 Å². The van der Waals surface area contributed by atoms with Crippen molar-refractivity contribution < 1.29 is 19.2 Å². The number of hydrogen-bond acceptors (Lipinski definition) is 6. The summed E-state index contributed by atoms with van der Waals surface area (Å²) in [6.45, 7) is 0.764. The highest BCUT2D eigenvalue weighted by Crippen LogP contribution is 2.27. The van der Waals surface area contributed by atoms with Gasteiger partial charge in [-0.25, -0.2) is 0 Å². The Bertz CT molecular complexity index is 1080. The highest BCUT2D eigenvalue weighted by molar-refractivity contribution is 6.32. The van der Waals surface area contributed by atoms with Crippen LogP contribution >= 0.6 is 11.6 Å². The standard InChI is InChI=1S/C21H21ClN4O5/c1-30-18-8-5-14(11-19(18)31-2)9-10-23-21(27)16-6-3-15(4-7-16)12-25-13-17(22)20(24-25)26(28)29/h3-8,11,13H,9-10,12H2,1-2H3,(H,23,27). The Morgan fingerprint density at radius 1 is 1.13 bits per heavy atom. The molecule has 1 N–H and O–H groups in total. The van der Waals surface area contributed by atoms with Gasteiger partial charge < -0.3 is 24.9 Å². The molecule has 3 aromatic rings. The molecule has 1 aromatic heterocycles. The van der Waals surface area contributed by atoms with Gasteiger partial charge in [0, 0.05) is 12.1 Å². The number of nitro groups is 1. The Morgan fingerprint density at radius 2 is 1.81 bits per heavy atom. The minimum Gasteiger partial charge on any atom is -0.493 e. The zero-order chi connectivity index (χ0) is 22.4. The van der Waals surface area contributed by atoms with Gasteiger partial charge in [-0.1, -0.05) is 29.8 Å². The Labute approximate surface area is 183 Å². The predicted molar refractivity (Wildman–Crippen MR) is 115 cm³/mol. The lowest BCUT2D eigenvalue weighted by Crippen LogP contribution is -2.25. The number of hydrogen-bond donors (Lipinski definition) is 1. The fourth-order valence-electron chi connectivity index (χ4n) is 3.00. The second kappa shape index (κ2) is 9.94. The summed E-state index contributed by atoms with van der Waals surface area (Å²) in [7, 11) is 3.16. The van der Waals surface area contributed by atoms with Crippen LogP contribution in [0.1, 0.15) is 21.5 Å². The molecule has 0 aliphatic rings. The molecule has 1 heterocycles. The summed E-state index contributed by atoms with van der Waals surface area (Å²) in [5.74, 6) is 0.727. The minimum atomic E-state index is -0.631. The Morgan fingerprint density at radius 3 is 2.42 bits per heavy atom. The number of methoxy groups -OCH3 is 2. The van der Waals surface area contributed by atoms with Crippen molar-refractivity contribution in [2.45, 2.75) is 13.0 Å². The fourth-order valence-corrected chi connectivity index (χ4v) is 3.22. The average Bonchev–Trinajstić information content (AvgIpc) is 3.14. The number of nitrogens with one attached hydrogen (secondary N) is 1. The van der Waals surface area contributed by atoms with Crippen LogP contribution in [-0.2, 0) is 13.0 Å². The van der Waals surface area contributed by atoms with Crippen LogP contribution in [0.4, 0.5) is 5.82 Å². The summed E-state index contributed by atoms with van der Waals surface area (Å²) in [5, 5.41) is 17.5. The third-order valence-corrected chi connectivity index (χ3v) is 4.85. The molecule has 9 nitrogen and oxygen atoms in total. The van der Waals surface area contributed by atoms with Crippen molar-refractivity contribution in [3.8, 4) is 11.5 Å². The third kappa shape index (κ3) is 5.52. The maximum atomic E-state index is 12.4. The molecule has 31 heavy (non-hydrogen) atoms. The van der Waals surface area contributed by atoms with Gasteiger partial charge in [-0.05, 0) is 46.7 Å². The highest BCUT2D eigenvalue weighted by Gasteiger charge is 2.19. The van der Waals surface area contributed by atoms with Crippen molar-refractivity contribution in [2.75, 3.05) is 20.8 Å². The number of nitrogens with zero attached hydrogens (tertiary/aromatic N) is 3. The molecule has 162 valence electrons. The van der Waals surface area contributed by atoms with E-state index < -0.39 is 4.92 Å². The van der Waals surface area contributed by atoms with E-state index in [1.165, 1.54) is 10.9 Å². The zero-order valence-corrected chi connectivity index (χ0v) is 17.8. The number of halogens is 1. The molecule has 0 fully saturated rings. The first-order valence-corrected chi connectivity index (χ1v) is 9.74. The second-order valence-electron chi connectivity index (χ2n) is 6.65. The summed E-state index contributed by atoms with van der Waals surface area (Å²) in [4.78, 5) is 22.6. The van der Waals surface area contributed by atoms with Gasteiger partial charge >= 0.3 is 5.82 Å². The van der Waals surface area contributed by atoms with Gasteiger partial charge in [0.25, 0.3) is 5.91 Å². The Kier molecular flexibility index (Phi) is 7.09. The maximum Gasteiger partial charge on any atom is 0.408 e. The van der Waals surface area contributed by atoms with Crippen LogP contribution in [-0.4, -0.2) is 41.4 Å². The van der Waals surface area contributed by atoms with Crippen molar-refractivity contribution in [1.82, 2.24) is 15.1 Å². The molecule has 2 aromatic carbocycles. The summed E-state index contributed by atoms with van der Waals surface area (Å²) in [6.07, 6.45) is 2.04. The van der Waals surface area contributed by atoms with Crippen LogP contribution < -0.4 is 14.8 Å². The molecule has 0 radical (unpaired) electrons. The number of carbonyl (C=O) groups is 1. The van der Waals surface area contributed by atoms with Gasteiger partial charge in [-0.15, -0.1) is 0 Å². The van der Waals surface area contributed by atoms with E-state index in [1.54, 1.807) is 38.5 Å². The summed E-state index contributed by atoms with van der Waals surface area (Å²) in [6, 6.07) is 12.6. The molecule has 0 saturated carbocycles. The molecule has 1 amide bonds. The summed E-state index contributed by atoms with van der Waals surface area (Å²) >= 11 is 5.81. The van der Waals surface area contributed by atoms with Gasteiger partial charge in [0.05, 0.1) is 32.1 Å². The Hall–Kier alpha value is -3.59. The van der Waals surface area contributed by atoms with Crippen LogP contribution in [0.2, 0.25) is 5.02 Å². The van der Waals surface area contributed by atoms with Gasteiger partial charge in [0.1, 0.15) is 0 Å². The van der Waals surface area contributed by atoms with E-state index in [-0.39, 0.29) is 16.7 Å². The summed E-state index contributed by atoms with van der Waals surface area (Å²) < 4.78 is 11.9. The van der Waals surface area contributed by atoms with Crippen LogP contribution in [0, 0.1) is 10.1 Å². The lowest BCUT2D eigenvalue weighted by Gasteiger charge is -2.10. The first-order chi connectivity index (χ1) is 14.9. The highest BCUT2D eigenvalue weighted by atomic mass is 35.5. The molecule has 0 bridgehead atoms. The number of amides is 1. The molecule has 0 saturated heterocycles. The molecular weight excluding hydrogens is 424 g/mol. The molecule has 10 heteroatoms. The maximum absolute atomic E-state index is 12.4. The smallest absolute Gasteiger partial charge is 0.408 e. The van der Waals surface area contributed by atoms with E-state index in [2.05, 4.69) is 10.4 Å². The molecule has 0 atom stereocenters. The number of ether oxygens (including phenoxy) is 2. The quantitative estimate of drug-likeness (QED) is 0.399. The lowest BCUT2D eigenvalue weighted by atomic mass is 10.1. The van der Waals surface area contributed by atoms with Crippen LogP contribution in [0.15, 0.2) is 48.7 Å². The van der Waals surface area contributed by atoms with Gasteiger partial charge in [0.2, 0.25) is 0 Å². The minimum absolute atomic E-state index is 0.0181. The van der Waals surface area contributed by atoms with Crippen LogP contribution in [0.3, 0.4) is 0 Å². The predicted octanol–water partition coefficient (Wildman–Crippen LogP) is 3.48. The van der Waals surface area contributed by atoms with Crippen molar-refractivity contribution in [2.24, 2.45) is 0 Å². The first kappa shape index (κ1) is 22.1. The number of benzene rings is 2.